The van der Waals surface area contributed by atoms with Gasteiger partial charge in [0.2, 0.25) is 5.91 Å². The van der Waals surface area contributed by atoms with Gasteiger partial charge in [-0.05, 0) is 36.6 Å². The Morgan fingerprint density at radius 2 is 1.92 bits per heavy atom. The van der Waals surface area contributed by atoms with E-state index in [-0.39, 0.29) is 17.9 Å². The Morgan fingerprint density at radius 1 is 1.15 bits per heavy atom. The number of carboxylic acid groups (broad SMARTS) is 1. The first-order valence-electron chi connectivity index (χ1n) is 8.27. The lowest BCUT2D eigenvalue weighted by Crippen LogP contribution is -2.16. The molecule has 6 nitrogen and oxygen atoms in total. The fourth-order valence-electron chi connectivity index (χ4n) is 3.03. The summed E-state index contributed by atoms with van der Waals surface area (Å²) in [5, 5.41) is 13.1. The summed E-state index contributed by atoms with van der Waals surface area (Å²) < 4.78 is 1.67. The zero-order chi connectivity index (χ0) is 18.7. The number of amides is 1. The molecule has 134 valence electrons. The average Bonchev–Trinajstić information content (AvgIpc) is 2.99. The maximum atomic E-state index is 12.4. The molecule has 0 saturated heterocycles. The maximum Gasteiger partial charge on any atom is 0.337 e. The van der Waals surface area contributed by atoms with Gasteiger partial charge in [-0.15, -0.1) is 0 Å². The Morgan fingerprint density at radius 3 is 2.65 bits per heavy atom. The Kier molecular flexibility index (Phi) is 4.93. The monoisotopic (exact) mass is 352 g/mol. The molecule has 0 saturated carbocycles. The van der Waals surface area contributed by atoms with Crippen molar-refractivity contribution in [2.75, 3.05) is 12.4 Å². The summed E-state index contributed by atoms with van der Waals surface area (Å²) in [4.78, 5) is 29.1. The molecule has 0 atom stereocenters. The normalized spacial score (nSPS) is 10.7. The Labute approximate surface area is 151 Å². The number of para-hydroxylation sites is 2. The van der Waals surface area contributed by atoms with E-state index in [1.54, 1.807) is 30.9 Å². The second-order valence-electron chi connectivity index (χ2n) is 6.03. The molecule has 0 aliphatic heterocycles. The van der Waals surface area contributed by atoms with Crippen molar-refractivity contribution in [3.8, 4) is 0 Å². The van der Waals surface area contributed by atoms with E-state index in [0.29, 0.717) is 17.7 Å². The number of carboxylic acids is 1. The van der Waals surface area contributed by atoms with Crippen LogP contribution in [0, 0.1) is 6.92 Å². The first-order chi connectivity index (χ1) is 12.5. The number of aromatic carboxylic acids is 1. The predicted octanol–water partition coefficient (Wildman–Crippen LogP) is 3.28. The van der Waals surface area contributed by atoms with Crippen LogP contribution in [0.1, 0.15) is 27.9 Å². The highest BCUT2D eigenvalue weighted by atomic mass is 16.6. The summed E-state index contributed by atoms with van der Waals surface area (Å²) in [6.07, 6.45) is 2.64. The molecule has 1 aromatic heterocycles. The number of nitrogens with zero attached hydrogens (tertiary/aromatic N) is 1. The Balaban J connectivity index is 1.76. The van der Waals surface area contributed by atoms with Crippen LogP contribution < -0.4 is 10.2 Å². The molecule has 3 rings (SSSR count). The number of anilines is 1. The van der Waals surface area contributed by atoms with Gasteiger partial charge in [0.25, 0.3) is 0 Å². The minimum absolute atomic E-state index is 0.0920. The third-order valence-electron chi connectivity index (χ3n) is 4.35. The lowest BCUT2D eigenvalue weighted by molar-refractivity contribution is -0.116. The molecule has 2 N–H and O–H groups in total. The van der Waals surface area contributed by atoms with Crippen LogP contribution in [-0.4, -0.2) is 28.8 Å². The molecule has 0 aliphatic rings. The van der Waals surface area contributed by atoms with E-state index >= 15 is 0 Å². The minimum atomic E-state index is -1.06. The zero-order valence-electron chi connectivity index (χ0n) is 14.7. The number of hydrogen-bond acceptors (Lipinski definition) is 3. The quantitative estimate of drug-likeness (QED) is 0.713. The van der Waals surface area contributed by atoms with Crippen LogP contribution >= 0.6 is 0 Å². The van der Waals surface area contributed by atoms with Gasteiger partial charge in [0.05, 0.1) is 16.8 Å². The predicted molar refractivity (Wildman–Crippen MR) is 99.5 cm³/mol. The number of aryl methyl sites for hydroxylation is 2. The van der Waals surface area contributed by atoms with Gasteiger partial charge in [-0.3, -0.25) is 4.79 Å². The largest absolute Gasteiger partial charge is 0.478 e. The summed E-state index contributed by atoms with van der Waals surface area (Å²) in [5.74, 6) is -1.29. The number of carbonyl (C=O) groups excluding carboxylic acids is 1. The van der Waals surface area contributed by atoms with Crippen molar-refractivity contribution >= 4 is 28.5 Å². The van der Waals surface area contributed by atoms with Crippen LogP contribution in [0.15, 0.2) is 48.7 Å². The lowest BCUT2D eigenvalue weighted by atomic mass is 10.1. The van der Waals surface area contributed by atoms with Gasteiger partial charge < -0.3 is 15.3 Å². The fourth-order valence-corrected chi connectivity index (χ4v) is 3.03. The molecular formula is C20H20N2O4. The van der Waals surface area contributed by atoms with E-state index in [1.165, 1.54) is 6.07 Å². The molecule has 0 bridgehead atoms. The lowest BCUT2D eigenvalue weighted by Gasteiger charge is -2.11. The topological polar surface area (TPSA) is 80.6 Å². The highest BCUT2D eigenvalue weighted by Gasteiger charge is 2.15. The second kappa shape index (κ2) is 7.31. The van der Waals surface area contributed by atoms with Crippen molar-refractivity contribution in [2.45, 2.75) is 19.8 Å². The number of carbonyl (C=O) groups is 2. The van der Waals surface area contributed by atoms with Crippen LogP contribution in [0.4, 0.5) is 5.69 Å². The highest BCUT2D eigenvalue weighted by Crippen LogP contribution is 2.23. The SMILES string of the molecule is COn1cc(CCC(=O)Nc2c(C)cccc2C(=O)O)c2ccccc21. The first kappa shape index (κ1) is 17.5. The molecule has 0 radical (unpaired) electrons. The summed E-state index contributed by atoms with van der Waals surface area (Å²) in [7, 11) is 1.59. The number of nitrogens with one attached hydrogen (secondary N) is 1. The van der Waals surface area contributed by atoms with Gasteiger partial charge in [0, 0.05) is 18.0 Å². The van der Waals surface area contributed by atoms with E-state index in [9.17, 15) is 14.7 Å². The van der Waals surface area contributed by atoms with Gasteiger partial charge in [0.1, 0.15) is 7.11 Å². The van der Waals surface area contributed by atoms with E-state index in [1.807, 2.05) is 30.5 Å². The maximum absolute atomic E-state index is 12.4. The van der Waals surface area contributed by atoms with Gasteiger partial charge in [-0.1, -0.05) is 30.3 Å². The van der Waals surface area contributed by atoms with E-state index in [4.69, 9.17) is 4.84 Å². The van der Waals surface area contributed by atoms with Gasteiger partial charge in [-0.25, -0.2) is 4.79 Å². The number of fused-ring (bicyclic) bond motifs is 1. The van der Waals surface area contributed by atoms with Crippen molar-refractivity contribution in [1.29, 1.82) is 0 Å². The first-order valence-corrected chi connectivity index (χ1v) is 8.27. The summed E-state index contributed by atoms with van der Waals surface area (Å²) in [6, 6.07) is 12.7. The number of hydrogen-bond donors (Lipinski definition) is 2. The minimum Gasteiger partial charge on any atom is -0.478 e. The van der Waals surface area contributed by atoms with Gasteiger partial charge in [-0.2, -0.15) is 4.73 Å². The summed E-state index contributed by atoms with van der Waals surface area (Å²) >= 11 is 0. The third kappa shape index (κ3) is 3.39. The molecule has 0 aliphatic carbocycles. The molecule has 0 spiro atoms. The molecule has 0 unspecified atom stereocenters. The van der Waals surface area contributed by atoms with Crippen molar-refractivity contribution in [2.24, 2.45) is 0 Å². The molecule has 3 aromatic rings. The van der Waals surface area contributed by atoms with E-state index in [2.05, 4.69) is 5.32 Å². The van der Waals surface area contributed by atoms with Crippen LogP contribution in [0.3, 0.4) is 0 Å². The van der Waals surface area contributed by atoms with Crippen molar-refractivity contribution in [3.05, 3.63) is 65.4 Å². The number of benzene rings is 2. The molecule has 2 aromatic carbocycles. The summed E-state index contributed by atoms with van der Waals surface area (Å²) in [6.45, 7) is 1.77. The van der Waals surface area contributed by atoms with E-state index in [0.717, 1.165) is 16.5 Å². The fraction of sp³-hybridized carbons (Fsp3) is 0.200. The van der Waals surface area contributed by atoms with Gasteiger partial charge in [0.15, 0.2) is 0 Å². The van der Waals surface area contributed by atoms with Crippen molar-refractivity contribution in [1.82, 2.24) is 4.73 Å². The van der Waals surface area contributed by atoms with Crippen LogP contribution in [0.2, 0.25) is 0 Å². The molecule has 6 heteroatoms. The van der Waals surface area contributed by atoms with Gasteiger partial charge >= 0.3 is 5.97 Å². The molecule has 26 heavy (non-hydrogen) atoms. The van der Waals surface area contributed by atoms with Crippen LogP contribution in [-0.2, 0) is 11.2 Å². The van der Waals surface area contributed by atoms with Crippen LogP contribution in [0.5, 0.6) is 0 Å². The molecule has 1 amide bonds. The number of rotatable bonds is 6. The smallest absolute Gasteiger partial charge is 0.337 e. The van der Waals surface area contributed by atoms with Crippen LogP contribution in [0.25, 0.3) is 10.9 Å². The highest BCUT2D eigenvalue weighted by molar-refractivity contribution is 6.01. The summed E-state index contributed by atoms with van der Waals surface area (Å²) in [5.41, 5.74) is 3.10. The Hall–Kier alpha value is -3.28. The van der Waals surface area contributed by atoms with Crippen molar-refractivity contribution < 1.29 is 19.5 Å². The number of aromatic nitrogens is 1. The van der Waals surface area contributed by atoms with Crippen molar-refractivity contribution in [3.63, 3.8) is 0 Å². The average molecular weight is 352 g/mol. The van der Waals surface area contributed by atoms with E-state index < -0.39 is 5.97 Å². The second-order valence-corrected chi connectivity index (χ2v) is 6.03. The molecule has 0 fully saturated rings. The zero-order valence-corrected chi connectivity index (χ0v) is 14.7. The Bertz CT molecular complexity index is 975. The molecule has 1 heterocycles. The third-order valence-corrected chi connectivity index (χ3v) is 4.35. The standard InChI is InChI=1S/C20H20N2O4/c1-13-6-5-8-16(20(24)25)19(13)21-18(23)11-10-14-12-22(26-2)17-9-4-3-7-15(14)17/h3-9,12H,10-11H2,1-2H3,(H,21,23)(H,24,25). The molecular weight excluding hydrogens is 332 g/mol.